The van der Waals surface area contributed by atoms with E-state index in [9.17, 15) is 47.9 Å². The van der Waals surface area contributed by atoms with E-state index in [4.69, 9.17) is 28.4 Å². The second-order valence-corrected chi connectivity index (χ2v) is 23.5. The molecular weight excluding hydrogens is 950 g/mol. The summed E-state index contributed by atoms with van der Waals surface area (Å²) in [5.41, 5.74) is -4.34. The van der Waals surface area contributed by atoms with Crippen molar-refractivity contribution in [1.29, 1.82) is 0 Å². The summed E-state index contributed by atoms with van der Waals surface area (Å²) in [6.07, 6.45) is -8.47. The first kappa shape index (κ1) is 61.0. The third-order valence-electron chi connectivity index (χ3n) is 15.1. The van der Waals surface area contributed by atoms with Gasteiger partial charge in [-0.2, -0.15) is 5.10 Å². The molecule has 6 N–H and O–H groups in total. The number of nitrogens with zero attached hydrogens (tertiary/aromatic N) is 4. The molecule has 3 fully saturated rings. The van der Waals surface area contributed by atoms with Gasteiger partial charge in [0.1, 0.15) is 36.7 Å². The molecule has 1 aromatic heterocycles. The maximum atomic E-state index is 14.4. The number of hydrogen-bond acceptors (Lipinski definition) is 19. The quantitative estimate of drug-likeness (QED) is 0.129. The average molecular weight is 1040 g/mol. The lowest BCUT2D eigenvalue weighted by molar-refractivity contribution is -0.318. The van der Waals surface area contributed by atoms with Crippen LogP contribution in [-0.4, -0.2) is 209 Å². The first-order valence-electron chi connectivity index (χ1n) is 25.0. The molecule has 22 heteroatoms. The Bertz CT molecular complexity index is 1970. The molecule has 1 amide bonds. The van der Waals surface area contributed by atoms with Crippen LogP contribution >= 0.6 is 0 Å². The fourth-order valence-electron chi connectivity index (χ4n) is 10.7. The smallest absolute Gasteiger partial charge is 0.311 e. The van der Waals surface area contributed by atoms with Gasteiger partial charge in [-0.05, 0) is 113 Å². The molecule has 20 nitrogen and oxygen atoms in total. The fourth-order valence-corrected chi connectivity index (χ4v) is 11.2. The van der Waals surface area contributed by atoms with Gasteiger partial charge in [0.15, 0.2) is 27.4 Å². The first-order chi connectivity index (χ1) is 32.9. The van der Waals surface area contributed by atoms with E-state index in [1.807, 2.05) is 23.6 Å². The Morgan fingerprint density at radius 2 is 1.69 bits per heavy atom. The number of rotatable bonds is 16. The highest BCUT2D eigenvalue weighted by atomic mass is 32.2. The second-order valence-electron chi connectivity index (χ2n) is 21.5. The molecule has 4 rings (SSSR count). The lowest BCUT2D eigenvalue weighted by Gasteiger charge is -2.49. The van der Waals surface area contributed by atoms with Crippen molar-refractivity contribution >= 4 is 21.7 Å². The topological polar surface area (TPSA) is 269 Å². The first-order valence-corrected chi connectivity index (χ1v) is 26.9. The van der Waals surface area contributed by atoms with Crippen molar-refractivity contribution in [3.63, 3.8) is 0 Å². The standard InChI is InChI=1S/C49H86FN5O15S/c1-15-36-49(10,62)42(58)31(6)55(12)26-27(2)23-47(8,61)44(29(4)41(30(5)45(60)68-36)69-39-24-48(9,65-13)43(59)32(7)67-39)70-46-40(57)35(21-28(3)66-46)54(11)20-16-17-37(56)51-34(25-50)22-33-18-19-38(53-52-33)71(14,63)64/h18-19,27-32,34-36,39-44,46,57-59,61-62H,15-17,20-26H2,1-14H3,(H,51,56)/t27-,28-,29+,30-,31-,32+,34+,35+,36-,39+,40-,41+,42-,43+,44-,46+,47-,48-,49-/m1/s1. The van der Waals surface area contributed by atoms with E-state index >= 15 is 0 Å². The van der Waals surface area contributed by atoms with Gasteiger partial charge in [-0.15, -0.1) is 5.10 Å². The summed E-state index contributed by atoms with van der Waals surface area (Å²) >= 11 is 0. The predicted octanol–water partition coefficient (Wildman–Crippen LogP) is 1.94. The monoisotopic (exact) mass is 1040 g/mol. The molecule has 0 aliphatic carbocycles. The molecule has 0 spiro atoms. The minimum absolute atomic E-state index is 0.00186. The normalized spacial score (nSPS) is 40.1. The molecule has 410 valence electrons. The van der Waals surface area contributed by atoms with Gasteiger partial charge < -0.3 is 69.1 Å². The summed E-state index contributed by atoms with van der Waals surface area (Å²) < 4.78 is 75.5. The highest BCUT2D eigenvalue weighted by Crippen LogP contribution is 2.40. The number of cyclic esters (lactones) is 1. The molecule has 0 radical (unpaired) electrons. The van der Waals surface area contributed by atoms with Crippen molar-refractivity contribution in [3.8, 4) is 0 Å². The summed E-state index contributed by atoms with van der Waals surface area (Å²) in [5, 5.41) is 69.5. The second kappa shape index (κ2) is 25.3. The molecule has 0 bridgehead atoms. The number of hydrogen-bond donors (Lipinski definition) is 6. The number of esters is 1. The number of halogens is 1. The number of methoxy groups -OCH3 is 1. The molecule has 0 saturated carbocycles. The molecule has 3 aliphatic heterocycles. The number of aliphatic hydroxyl groups excluding tert-OH is 3. The Labute approximate surface area is 420 Å². The van der Waals surface area contributed by atoms with Gasteiger partial charge >= 0.3 is 5.97 Å². The SMILES string of the molecule is CC[C@H]1OC(=O)[C@H](C)[C@@H](O[C@H]2C[C@@](C)(OC)[C@@H](O)[C@H](C)O2)[C@H](C)[C@@H](O[C@@H]2O[C@H](C)C[C@H](N(C)CCCC(=O)N[C@H](CF)Cc3ccc(S(C)(=O)=O)nn3)[C@H]2O)[C@](C)(O)C[C@@H](C)CN(C)[C@H](C)[C@@H](O)[C@]1(C)O. The molecule has 0 aromatic carbocycles. The molecule has 0 unspecified atom stereocenters. The van der Waals surface area contributed by atoms with Crippen LogP contribution in [0.3, 0.4) is 0 Å². The zero-order valence-corrected chi connectivity index (χ0v) is 45.2. The van der Waals surface area contributed by atoms with Crippen molar-refractivity contribution in [2.45, 2.75) is 216 Å². The van der Waals surface area contributed by atoms with Gasteiger partial charge in [-0.25, -0.2) is 12.8 Å². The van der Waals surface area contributed by atoms with Crippen molar-refractivity contribution in [2.75, 3.05) is 47.2 Å². The number of likely N-dealkylation sites (N-methyl/N-ethyl adjacent to an activating group) is 2. The zero-order valence-electron chi connectivity index (χ0n) is 44.4. The van der Waals surface area contributed by atoms with Gasteiger partial charge in [-0.1, -0.05) is 20.8 Å². The summed E-state index contributed by atoms with van der Waals surface area (Å²) in [5.74, 6) is -3.38. The Hall–Kier alpha value is -2.58. The lowest BCUT2D eigenvalue weighted by atomic mass is 9.77. The van der Waals surface area contributed by atoms with Crippen LogP contribution in [0.5, 0.6) is 0 Å². The van der Waals surface area contributed by atoms with Gasteiger partial charge in [-0.3, -0.25) is 9.59 Å². The van der Waals surface area contributed by atoms with E-state index < -0.39 is 137 Å². The van der Waals surface area contributed by atoms with E-state index in [0.29, 0.717) is 31.6 Å². The highest BCUT2D eigenvalue weighted by molar-refractivity contribution is 7.90. The van der Waals surface area contributed by atoms with Crippen molar-refractivity contribution < 1.29 is 76.4 Å². The zero-order chi connectivity index (χ0) is 53.6. The van der Waals surface area contributed by atoms with Crippen molar-refractivity contribution in [3.05, 3.63) is 17.8 Å². The van der Waals surface area contributed by atoms with Crippen LogP contribution in [0.1, 0.15) is 113 Å². The minimum Gasteiger partial charge on any atom is -0.459 e. The average Bonchev–Trinajstić information content (AvgIpc) is 3.29. The Morgan fingerprint density at radius 3 is 2.27 bits per heavy atom. The fraction of sp³-hybridized carbons (Fsp3) is 0.878. The molecule has 71 heavy (non-hydrogen) atoms. The van der Waals surface area contributed by atoms with E-state index in [1.165, 1.54) is 26.2 Å². The molecular formula is C49H86FN5O15S. The van der Waals surface area contributed by atoms with Crippen LogP contribution < -0.4 is 5.32 Å². The molecule has 1 aromatic rings. The van der Waals surface area contributed by atoms with Crippen LogP contribution in [0.2, 0.25) is 0 Å². The number of carbonyl (C=O) groups is 2. The van der Waals surface area contributed by atoms with E-state index in [2.05, 4.69) is 15.5 Å². The Balaban J connectivity index is 1.62. The van der Waals surface area contributed by atoms with Crippen LogP contribution in [0.4, 0.5) is 4.39 Å². The van der Waals surface area contributed by atoms with Gasteiger partial charge in [0, 0.05) is 57.2 Å². The molecule has 3 aliphatic rings. The summed E-state index contributed by atoms with van der Waals surface area (Å²) in [6.45, 7) is 17.0. The summed E-state index contributed by atoms with van der Waals surface area (Å²) in [6, 6.07) is 0.645. The van der Waals surface area contributed by atoms with E-state index in [0.717, 1.165) is 6.26 Å². The maximum absolute atomic E-state index is 14.4. The number of carbonyl (C=O) groups excluding carboxylic acids is 2. The lowest BCUT2D eigenvalue weighted by Crippen LogP contribution is -2.61. The van der Waals surface area contributed by atoms with Crippen LogP contribution in [0.15, 0.2) is 17.2 Å². The van der Waals surface area contributed by atoms with Gasteiger partial charge in [0.25, 0.3) is 0 Å². The van der Waals surface area contributed by atoms with Crippen molar-refractivity contribution in [1.82, 2.24) is 25.3 Å². The van der Waals surface area contributed by atoms with Gasteiger partial charge in [0.2, 0.25) is 5.91 Å². The minimum atomic E-state index is -3.57. The third-order valence-corrected chi connectivity index (χ3v) is 16.1. The molecule has 4 heterocycles. The highest BCUT2D eigenvalue weighted by Gasteiger charge is 2.53. The molecule has 3 saturated heterocycles. The number of amides is 1. The van der Waals surface area contributed by atoms with E-state index in [-0.39, 0.29) is 43.0 Å². The van der Waals surface area contributed by atoms with Crippen LogP contribution in [0.25, 0.3) is 0 Å². The van der Waals surface area contributed by atoms with E-state index in [1.54, 1.807) is 62.6 Å². The van der Waals surface area contributed by atoms with Crippen LogP contribution in [0, 0.1) is 17.8 Å². The number of aliphatic hydroxyl groups is 5. The predicted molar refractivity (Wildman–Crippen MR) is 259 cm³/mol. The van der Waals surface area contributed by atoms with Gasteiger partial charge in [0.05, 0.1) is 53.3 Å². The number of aromatic nitrogens is 2. The number of alkyl halides is 1. The molecule has 19 atom stereocenters. The number of sulfone groups is 1. The summed E-state index contributed by atoms with van der Waals surface area (Å²) in [4.78, 5) is 31.2. The van der Waals surface area contributed by atoms with Crippen molar-refractivity contribution in [2.24, 2.45) is 17.8 Å². The number of ether oxygens (including phenoxy) is 6. The van der Waals surface area contributed by atoms with Crippen LogP contribution in [-0.2, 0) is 54.3 Å². The largest absolute Gasteiger partial charge is 0.459 e. The third kappa shape index (κ3) is 15.5. The maximum Gasteiger partial charge on any atom is 0.311 e. The Morgan fingerprint density at radius 1 is 1.03 bits per heavy atom. The summed E-state index contributed by atoms with van der Waals surface area (Å²) in [7, 11) is 1.52. The Kier molecular flexibility index (Phi) is 21.7. The number of nitrogens with one attached hydrogen (secondary N) is 1.